The van der Waals surface area contributed by atoms with E-state index in [2.05, 4.69) is 26.6 Å². The second-order valence-corrected chi connectivity index (χ2v) is 14.7. The van der Waals surface area contributed by atoms with Crippen molar-refractivity contribution in [3.8, 4) is 11.1 Å². The molecule has 0 fully saturated rings. The van der Waals surface area contributed by atoms with Gasteiger partial charge in [0.05, 0.1) is 12.8 Å². The molecule has 0 spiro atoms. The van der Waals surface area contributed by atoms with E-state index in [4.69, 9.17) is 14.9 Å². The van der Waals surface area contributed by atoms with Crippen molar-refractivity contribution in [3.63, 3.8) is 0 Å². The minimum atomic E-state index is -1.22. The number of nitrogens with two attached hydrogens (primary N) is 1. The Morgan fingerprint density at radius 2 is 1.41 bits per heavy atom. The standard InChI is InChI=1S/C41H54N6O9/c1-24(2)20-33(46-41(54)56-23-31-29-15-7-5-13-27(29)28-14-6-8-16-30(28)31)39(51)45-34(21-26-12-11-19-55-26)37(49)43-22-35(48)44-32(17-9-10-18-42)38(50)47-36(25(3)4)40(52)53/h5-8,11-16,19,24-25,31-34,36H,9-10,17-18,20-23,42H2,1-4H3,(H,43,49)(H,44,48)(H,45,51)(H,46,54)(H,47,50)(H,52,53)/t32-,33-,34-,36-/m0/s1. The smallest absolute Gasteiger partial charge is 0.407 e. The van der Waals surface area contributed by atoms with Crippen molar-refractivity contribution >= 4 is 35.7 Å². The molecule has 1 aromatic heterocycles. The number of fused-ring (bicyclic) bond motifs is 3. The summed E-state index contributed by atoms with van der Waals surface area (Å²) in [5.74, 6) is -4.18. The lowest BCUT2D eigenvalue weighted by Crippen LogP contribution is -2.56. The van der Waals surface area contributed by atoms with Gasteiger partial charge in [0.1, 0.15) is 36.5 Å². The van der Waals surface area contributed by atoms with Gasteiger partial charge in [-0.2, -0.15) is 0 Å². The van der Waals surface area contributed by atoms with E-state index in [1.54, 1.807) is 26.0 Å². The third-order valence-corrected chi connectivity index (χ3v) is 9.53. The fourth-order valence-corrected chi connectivity index (χ4v) is 6.66. The van der Waals surface area contributed by atoms with Gasteiger partial charge in [-0.15, -0.1) is 0 Å². The molecular weight excluding hydrogens is 720 g/mol. The highest BCUT2D eigenvalue weighted by molar-refractivity contribution is 5.94. The predicted octanol–water partition coefficient (Wildman–Crippen LogP) is 3.22. The van der Waals surface area contributed by atoms with E-state index in [-0.39, 0.29) is 37.7 Å². The minimum absolute atomic E-state index is 0.0259. The molecule has 8 N–H and O–H groups in total. The van der Waals surface area contributed by atoms with Crippen molar-refractivity contribution in [1.29, 1.82) is 0 Å². The van der Waals surface area contributed by atoms with Crippen LogP contribution in [-0.4, -0.2) is 84.7 Å². The highest BCUT2D eigenvalue weighted by Gasteiger charge is 2.32. The molecule has 15 heteroatoms. The van der Waals surface area contributed by atoms with Crippen LogP contribution >= 0.6 is 0 Å². The van der Waals surface area contributed by atoms with E-state index >= 15 is 0 Å². The van der Waals surface area contributed by atoms with Gasteiger partial charge in [0, 0.05) is 12.3 Å². The number of carbonyl (C=O) groups excluding carboxylic acids is 5. The highest BCUT2D eigenvalue weighted by atomic mass is 16.5. The molecule has 0 aliphatic heterocycles. The maximum Gasteiger partial charge on any atom is 0.407 e. The SMILES string of the molecule is CC(C)C[C@H](NC(=O)OCC1c2ccccc2-c2ccccc21)C(=O)N[C@@H](Cc1ccco1)C(=O)NCC(=O)N[C@@H](CCCCN)C(=O)N[C@H](C(=O)O)C(C)C. The number of amides is 5. The molecule has 0 unspecified atom stereocenters. The number of carbonyl (C=O) groups is 6. The van der Waals surface area contributed by atoms with Gasteiger partial charge < -0.3 is 46.6 Å². The Morgan fingerprint density at radius 3 is 1.98 bits per heavy atom. The fourth-order valence-electron chi connectivity index (χ4n) is 6.66. The highest BCUT2D eigenvalue weighted by Crippen LogP contribution is 2.44. The lowest BCUT2D eigenvalue weighted by Gasteiger charge is -2.25. The molecule has 56 heavy (non-hydrogen) atoms. The molecule has 0 saturated heterocycles. The molecule has 1 aliphatic carbocycles. The molecule has 0 saturated carbocycles. The number of nitrogens with one attached hydrogen (secondary N) is 5. The first-order valence-electron chi connectivity index (χ1n) is 19.0. The zero-order valence-electron chi connectivity index (χ0n) is 32.3. The largest absolute Gasteiger partial charge is 0.480 e. The number of carboxylic acids is 1. The van der Waals surface area contributed by atoms with Crippen LogP contribution in [0.5, 0.6) is 0 Å². The van der Waals surface area contributed by atoms with Crippen molar-refractivity contribution < 1.29 is 43.0 Å². The third kappa shape index (κ3) is 12.2. The number of carboxylic acid groups (broad SMARTS) is 1. The average Bonchev–Trinajstić information content (AvgIpc) is 3.79. The number of alkyl carbamates (subject to hydrolysis) is 1. The van der Waals surface area contributed by atoms with E-state index in [9.17, 15) is 33.9 Å². The number of hydrogen-bond acceptors (Lipinski definition) is 9. The summed E-state index contributed by atoms with van der Waals surface area (Å²) >= 11 is 0. The Balaban J connectivity index is 1.39. The molecular formula is C41H54N6O9. The lowest BCUT2D eigenvalue weighted by molar-refractivity contribution is -0.143. The number of benzene rings is 2. The van der Waals surface area contributed by atoms with Crippen molar-refractivity contribution in [1.82, 2.24) is 26.6 Å². The van der Waals surface area contributed by atoms with Crippen LogP contribution in [0.25, 0.3) is 11.1 Å². The van der Waals surface area contributed by atoms with E-state index in [1.165, 1.54) is 6.26 Å². The number of aliphatic carboxylic acids is 1. The Bertz CT molecular complexity index is 1770. The van der Waals surface area contributed by atoms with Gasteiger partial charge in [-0.05, 0) is 78.5 Å². The number of unbranched alkanes of at least 4 members (excludes halogenated alkanes) is 1. The first kappa shape index (κ1) is 43.0. The van der Waals surface area contributed by atoms with Gasteiger partial charge in [-0.25, -0.2) is 9.59 Å². The number of ether oxygens (including phenoxy) is 1. The normalized spacial score (nSPS) is 14.1. The summed E-state index contributed by atoms with van der Waals surface area (Å²) in [6.07, 6.45) is 2.05. The lowest BCUT2D eigenvalue weighted by atomic mass is 9.98. The maximum absolute atomic E-state index is 13.7. The monoisotopic (exact) mass is 774 g/mol. The third-order valence-electron chi connectivity index (χ3n) is 9.53. The van der Waals surface area contributed by atoms with E-state index < -0.39 is 72.3 Å². The van der Waals surface area contributed by atoms with Crippen molar-refractivity contribution in [2.45, 2.75) is 89.9 Å². The van der Waals surface area contributed by atoms with Gasteiger partial charge in [0.15, 0.2) is 0 Å². The summed E-state index contributed by atoms with van der Waals surface area (Å²) in [5, 5.41) is 22.5. The summed E-state index contributed by atoms with van der Waals surface area (Å²) < 4.78 is 11.1. The summed E-state index contributed by atoms with van der Waals surface area (Å²) in [6.45, 7) is 6.94. The topological polar surface area (TPSA) is 231 Å². The van der Waals surface area contributed by atoms with Crippen LogP contribution in [-0.2, 0) is 35.1 Å². The van der Waals surface area contributed by atoms with E-state index in [0.29, 0.717) is 25.1 Å². The molecule has 15 nitrogen and oxygen atoms in total. The quantitative estimate of drug-likeness (QED) is 0.0782. The second-order valence-electron chi connectivity index (χ2n) is 14.7. The second kappa shape index (κ2) is 20.8. The maximum atomic E-state index is 13.7. The van der Waals surface area contributed by atoms with Gasteiger partial charge in [0.2, 0.25) is 23.6 Å². The molecule has 3 aromatic rings. The van der Waals surface area contributed by atoms with Crippen LogP contribution in [0.4, 0.5) is 4.79 Å². The number of furan rings is 1. The van der Waals surface area contributed by atoms with Gasteiger partial charge in [0.25, 0.3) is 0 Å². The van der Waals surface area contributed by atoms with Crippen LogP contribution in [0.15, 0.2) is 71.3 Å². The Morgan fingerprint density at radius 1 is 0.768 bits per heavy atom. The van der Waals surface area contributed by atoms with E-state index in [1.807, 2.05) is 62.4 Å². The first-order chi connectivity index (χ1) is 26.8. The van der Waals surface area contributed by atoms with Crippen LogP contribution in [0.3, 0.4) is 0 Å². The molecule has 2 aromatic carbocycles. The van der Waals surface area contributed by atoms with Gasteiger partial charge in [-0.1, -0.05) is 76.2 Å². The summed E-state index contributed by atoms with van der Waals surface area (Å²) in [7, 11) is 0. The van der Waals surface area contributed by atoms with E-state index in [0.717, 1.165) is 22.3 Å². The predicted molar refractivity (Wildman–Crippen MR) is 208 cm³/mol. The molecule has 302 valence electrons. The average molecular weight is 775 g/mol. The number of hydrogen-bond donors (Lipinski definition) is 7. The van der Waals surface area contributed by atoms with Crippen LogP contribution in [0.1, 0.15) is 76.2 Å². The molecule has 0 bridgehead atoms. The molecule has 0 radical (unpaired) electrons. The van der Waals surface area contributed by atoms with Gasteiger partial charge in [-0.3, -0.25) is 19.2 Å². The van der Waals surface area contributed by atoms with Crippen LogP contribution in [0, 0.1) is 11.8 Å². The molecule has 1 heterocycles. The molecule has 1 aliphatic rings. The molecule has 4 rings (SSSR count). The summed E-state index contributed by atoms with van der Waals surface area (Å²) in [4.78, 5) is 78.3. The molecule has 5 amide bonds. The summed E-state index contributed by atoms with van der Waals surface area (Å²) in [5.41, 5.74) is 9.84. The first-order valence-corrected chi connectivity index (χ1v) is 19.0. The zero-order valence-corrected chi connectivity index (χ0v) is 32.3. The van der Waals surface area contributed by atoms with Crippen molar-refractivity contribution in [3.05, 3.63) is 83.8 Å². The zero-order chi connectivity index (χ0) is 40.8. The number of rotatable bonds is 21. The van der Waals surface area contributed by atoms with Crippen LogP contribution in [0.2, 0.25) is 0 Å². The van der Waals surface area contributed by atoms with Gasteiger partial charge >= 0.3 is 12.1 Å². The Kier molecular flexibility index (Phi) is 16.0. The van der Waals surface area contributed by atoms with Crippen molar-refractivity contribution in [2.24, 2.45) is 17.6 Å². The minimum Gasteiger partial charge on any atom is -0.480 e. The van der Waals surface area contributed by atoms with Crippen LogP contribution < -0.4 is 32.3 Å². The summed E-state index contributed by atoms with van der Waals surface area (Å²) in [6, 6.07) is 14.6. The van der Waals surface area contributed by atoms with Crippen molar-refractivity contribution in [2.75, 3.05) is 19.7 Å². The fraction of sp³-hybridized carbons (Fsp3) is 0.463. The Hall–Kier alpha value is -5.70. The Labute approximate surface area is 326 Å². The molecule has 4 atom stereocenters.